The number of nitrogens with one attached hydrogen (secondary N) is 1. The zero-order valence-corrected chi connectivity index (χ0v) is 19.1. The van der Waals surface area contributed by atoms with E-state index in [-0.39, 0.29) is 11.4 Å². The minimum atomic E-state index is -4.87. The van der Waals surface area contributed by atoms with Crippen molar-refractivity contribution in [3.8, 4) is 17.2 Å². The molecule has 178 valence electrons. The number of aromatic amines is 1. The van der Waals surface area contributed by atoms with E-state index in [1.54, 1.807) is 24.3 Å². The number of benzene rings is 3. The van der Waals surface area contributed by atoms with Gasteiger partial charge in [-0.2, -0.15) is 13.2 Å². The van der Waals surface area contributed by atoms with Gasteiger partial charge in [-0.15, -0.1) is 0 Å². The summed E-state index contributed by atoms with van der Waals surface area (Å²) in [6.45, 7) is 0. The Kier molecular flexibility index (Phi) is 6.56. The van der Waals surface area contributed by atoms with E-state index in [9.17, 15) is 28.1 Å². The Morgan fingerprint density at radius 2 is 1.54 bits per heavy atom. The second kappa shape index (κ2) is 9.58. The van der Waals surface area contributed by atoms with Crippen molar-refractivity contribution in [3.63, 3.8) is 0 Å². The van der Waals surface area contributed by atoms with E-state index >= 15 is 0 Å². The normalized spacial score (nSPS) is 11.7. The number of H-pyrrole nitrogens is 1. The molecule has 0 aliphatic rings. The molecule has 3 aromatic carbocycles. The van der Waals surface area contributed by atoms with Crippen molar-refractivity contribution in [3.05, 3.63) is 109 Å². The third-order valence-corrected chi connectivity index (χ3v) is 5.29. The molecule has 0 radical (unpaired) electrons. The van der Waals surface area contributed by atoms with Crippen molar-refractivity contribution < 1.29 is 22.8 Å². The van der Waals surface area contributed by atoms with Crippen LogP contribution in [0.3, 0.4) is 0 Å². The van der Waals surface area contributed by atoms with Gasteiger partial charge in [-0.1, -0.05) is 15.9 Å². The maximum Gasteiger partial charge on any atom is 0.433 e. The number of aromatic nitrogens is 2. The summed E-state index contributed by atoms with van der Waals surface area (Å²) >= 11 is 3.33. The molecular formula is C23H14BrF3N4O4. The number of alkyl halides is 3. The topological polar surface area (TPSA) is 103 Å². The highest BCUT2D eigenvalue weighted by molar-refractivity contribution is 9.10. The lowest BCUT2D eigenvalue weighted by Crippen LogP contribution is -2.17. The number of hydrogen-bond donors (Lipinski definition) is 1. The van der Waals surface area contributed by atoms with Gasteiger partial charge in [-0.25, -0.2) is 4.68 Å². The number of nitro benzene ring substituents is 1. The van der Waals surface area contributed by atoms with E-state index < -0.39 is 27.9 Å². The number of aliphatic imine (C=N–C) groups is 1. The summed E-state index contributed by atoms with van der Waals surface area (Å²) in [6.07, 6.45) is -4.04. The Labute approximate surface area is 203 Å². The van der Waals surface area contributed by atoms with Crippen LogP contribution in [0.15, 0.2) is 87.1 Å². The van der Waals surface area contributed by atoms with Crippen molar-refractivity contribution in [1.82, 2.24) is 9.78 Å². The highest BCUT2D eigenvalue weighted by atomic mass is 79.9. The first-order chi connectivity index (χ1) is 16.6. The molecule has 0 atom stereocenters. The second-order valence-corrected chi connectivity index (χ2v) is 8.04. The van der Waals surface area contributed by atoms with Crippen molar-refractivity contribution in [1.29, 1.82) is 0 Å². The van der Waals surface area contributed by atoms with Crippen molar-refractivity contribution in [2.75, 3.05) is 0 Å². The van der Waals surface area contributed by atoms with Crippen LogP contribution >= 0.6 is 15.9 Å². The summed E-state index contributed by atoms with van der Waals surface area (Å²) in [5, 5.41) is 12.8. The van der Waals surface area contributed by atoms with E-state index in [1.165, 1.54) is 24.3 Å². The number of hydrogen-bond acceptors (Lipinski definition) is 5. The smallest absolute Gasteiger partial charge is 0.433 e. The van der Waals surface area contributed by atoms with Gasteiger partial charge in [-0.3, -0.25) is 25.0 Å². The lowest BCUT2D eigenvalue weighted by molar-refractivity contribution is -0.384. The molecule has 0 aliphatic heterocycles. The quantitative estimate of drug-likeness (QED) is 0.172. The molecule has 1 aromatic heterocycles. The fourth-order valence-electron chi connectivity index (χ4n) is 3.07. The number of rotatable bonds is 6. The summed E-state index contributed by atoms with van der Waals surface area (Å²) in [5.74, 6) is 1.09. The molecular weight excluding hydrogens is 533 g/mol. The number of nitrogens with zero attached hydrogens (tertiary/aromatic N) is 3. The van der Waals surface area contributed by atoms with Gasteiger partial charge in [0.25, 0.3) is 11.2 Å². The SMILES string of the molecule is O=c1c(C=Nc2ccc(Oc3ccc(Br)cc3)cc2)c(C(F)(F)F)[nH]n1-c1ccc([N+](=O)[O-])cc1. The van der Waals surface area contributed by atoms with Gasteiger partial charge in [0.2, 0.25) is 0 Å². The van der Waals surface area contributed by atoms with Crippen molar-refractivity contribution in [2.45, 2.75) is 6.18 Å². The standard InChI is InChI=1S/C23H14BrF3N4O4/c24-14-1-9-18(10-2-14)35-19-11-3-15(4-12-19)28-13-20-21(23(25,26)27)29-30(22(20)32)16-5-7-17(8-6-16)31(33)34/h1-13,29H. The van der Waals surface area contributed by atoms with Gasteiger partial charge >= 0.3 is 6.18 Å². The highest BCUT2D eigenvalue weighted by Gasteiger charge is 2.37. The predicted molar refractivity (Wildman–Crippen MR) is 126 cm³/mol. The molecule has 35 heavy (non-hydrogen) atoms. The lowest BCUT2D eigenvalue weighted by Gasteiger charge is -2.06. The van der Waals surface area contributed by atoms with Crippen molar-refractivity contribution in [2.24, 2.45) is 4.99 Å². The van der Waals surface area contributed by atoms with E-state index in [2.05, 4.69) is 20.9 Å². The molecule has 0 unspecified atom stereocenters. The van der Waals surface area contributed by atoms with Crippen LogP contribution < -0.4 is 10.3 Å². The number of nitro groups is 1. The number of halogens is 4. The molecule has 1 heterocycles. The van der Waals surface area contributed by atoms with Gasteiger partial charge in [0.15, 0.2) is 5.69 Å². The van der Waals surface area contributed by atoms with E-state index in [1.807, 2.05) is 17.2 Å². The molecule has 1 N–H and O–H groups in total. The van der Waals surface area contributed by atoms with Crippen LogP contribution in [-0.4, -0.2) is 20.9 Å². The molecule has 8 nitrogen and oxygen atoms in total. The third kappa shape index (κ3) is 5.49. The van der Waals surface area contributed by atoms with Gasteiger partial charge in [-0.05, 0) is 60.7 Å². The maximum absolute atomic E-state index is 13.6. The number of ether oxygens (including phenoxy) is 1. The fourth-order valence-corrected chi connectivity index (χ4v) is 3.33. The largest absolute Gasteiger partial charge is 0.457 e. The fraction of sp³-hybridized carbons (Fsp3) is 0.0435. The van der Waals surface area contributed by atoms with Crippen LogP contribution in [0.25, 0.3) is 5.69 Å². The number of non-ortho nitro benzene ring substituents is 1. The Morgan fingerprint density at radius 3 is 2.09 bits per heavy atom. The van der Waals surface area contributed by atoms with E-state index in [0.29, 0.717) is 21.9 Å². The van der Waals surface area contributed by atoms with E-state index in [4.69, 9.17) is 4.74 Å². The zero-order valence-electron chi connectivity index (χ0n) is 17.5. The first kappa shape index (κ1) is 24.0. The Bertz CT molecular complexity index is 1440. The Balaban J connectivity index is 1.61. The molecule has 0 saturated carbocycles. The molecule has 0 amide bonds. The van der Waals surface area contributed by atoms with Crippen LogP contribution in [0.4, 0.5) is 24.5 Å². The minimum absolute atomic E-state index is 0.000179. The minimum Gasteiger partial charge on any atom is -0.457 e. The monoisotopic (exact) mass is 546 g/mol. The van der Waals surface area contributed by atoms with Gasteiger partial charge in [0.05, 0.1) is 21.9 Å². The van der Waals surface area contributed by atoms with E-state index in [0.717, 1.165) is 22.8 Å². The molecule has 4 aromatic rings. The Hall–Kier alpha value is -4.19. The summed E-state index contributed by atoms with van der Waals surface area (Å²) in [6, 6.07) is 17.9. The van der Waals surface area contributed by atoms with Gasteiger partial charge in [0, 0.05) is 22.8 Å². The van der Waals surface area contributed by atoms with Gasteiger partial charge in [0.1, 0.15) is 11.5 Å². The molecule has 4 rings (SSSR count). The van der Waals surface area contributed by atoms with Crippen LogP contribution in [0, 0.1) is 10.1 Å². The summed E-state index contributed by atoms with van der Waals surface area (Å²) in [4.78, 5) is 26.9. The molecule has 0 spiro atoms. The van der Waals surface area contributed by atoms with Crippen LogP contribution in [0.2, 0.25) is 0 Å². The summed E-state index contributed by atoms with van der Waals surface area (Å²) < 4.78 is 48.0. The first-order valence-corrected chi connectivity index (χ1v) is 10.7. The zero-order chi connectivity index (χ0) is 25.2. The molecule has 0 aliphatic carbocycles. The maximum atomic E-state index is 13.6. The average molecular weight is 547 g/mol. The second-order valence-electron chi connectivity index (χ2n) is 7.12. The Morgan fingerprint density at radius 1 is 0.971 bits per heavy atom. The lowest BCUT2D eigenvalue weighted by atomic mass is 10.2. The summed E-state index contributed by atoms with van der Waals surface area (Å²) in [5.41, 5.74) is -2.97. The van der Waals surface area contributed by atoms with Crippen LogP contribution in [0.1, 0.15) is 11.3 Å². The third-order valence-electron chi connectivity index (χ3n) is 4.76. The van der Waals surface area contributed by atoms with Crippen molar-refractivity contribution >= 4 is 33.5 Å². The van der Waals surface area contributed by atoms with Gasteiger partial charge < -0.3 is 4.74 Å². The molecule has 0 bridgehead atoms. The highest BCUT2D eigenvalue weighted by Crippen LogP contribution is 2.30. The van der Waals surface area contributed by atoms with Crippen LogP contribution in [0.5, 0.6) is 11.5 Å². The average Bonchev–Trinajstić information content (AvgIpc) is 3.17. The predicted octanol–water partition coefficient (Wildman–Crippen LogP) is 6.40. The molecule has 0 fully saturated rings. The summed E-state index contributed by atoms with van der Waals surface area (Å²) in [7, 11) is 0. The van der Waals surface area contributed by atoms with Crippen LogP contribution in [-0.2, 0) is 6.18 Å². The first-order valence-electron chi connectivity index (χ1n) is 9.86. The molecule has 12 heteroatoms. The molecule has 0 saturated heterocycles.